The Balaban J connectivity index is 2.10. The van der Waals surface area contributed by atoms with Gasteiger partial charge in [0.15, 0.2) is 11.6 Å². The summed E-state index contributed by atoms with van der Waals surface area (Å²) in [6.45, 7) is 0.100. The molecule has 0 heterocycles. The smallest absolute Gasteiger partial charge is 0.416 e. The van der Waals surface area contributed by atoms with Gasteiger partial charge >= 0.3 is 6.18 Å². The van der Waals surface area contributed by atoms with E-state index in [1.165, 1.54) is 0 Å². The second-order valence-corrected chi connectivity index (χ2v) is 3.92. The highest BCUT2D eigenvalue weighted by Crippen LogP contribution is 2.32. The van der Waals surface area contributed by atoms with Gasteiger partial charge in [-0.05, 0) is 23.8 Å². The Labute approximate surface area is 107 Å². The van der Waals surface area contributed by atoms with E-state index in [9.17, 15) is 17.6 Å². The number of halogens is 4. The van der Waals surface area contributed by atoms with E-state index in [4.69, 9.17) is 4.74 Å². The van der Waals surface area contributed by atoms with Crippen LogP contribution in [0.4, 0.5) is 17.6 Å². The topological polar surface area (TPSA) is 9.23 Å². The molecule has 0 saturated heterocycles. The van der Waals surface area contributed by atoms with Crippen molar-refractivity contribution in [1.29, 1.82) is 0 Å². The van der Waals surface area contributed by atoms with Crippen LogP contribution in [-0.2, 0) is 12.8 Å². The summed E-state index contributed by atoms with van der Waals surface area (Å²) in [4.78, 5) is 0. The zero-order valence-electron chi connectivity index (χ0n) is 9.75. The minimum absolute atomic E-state index is 0.100. The van der Waals surface area contributed by atoms with Crippen molar-refractivity contribution in [2.75, 3.05) is 0 Å². The second-order valence-electron chi connectivity index (χ2n) is 3.92. The van der Waals surface area contributed by atoms with Gasteiger partial charge in [-0.1, -0.05) is 30.3 Å². The molecule has 1 nitrogen and oxygen atoms in total. The summed E-state index contributed by atoms with van der Waals surface area (Å²) in [5, 5.41) is 0. The normalized spacial score (nSPS) is 11.4. The molecule has 0 aliphatic rings. The molecule has 2 aromatic carbocycles. The number of rotatable bonds is 3. The fourth-order valence-corrected chi connectivity index (χ4v) is 1.53. The zero-order chi connectivity index (χ0) is 13.9. The molecule has 0 aliphatic carbocycles. The van der Waals surface area contributed by atoms with Crippen molar-refractivity contribution < 1.29 is 22.3 Å². The molecular formula is C14H10F4O. The van der Waals surface area contributed by atoms with Crippen molar-refractivity contribution in [1.82, 2.24) is 0 Å². The summed E-state index contributed by atoms with van der Waals surface area (Å²) in [5.41, 5.74) is -0.223. The molecule has 0 aliphatic heterocycles. The molecule has 2 aromatic rings. The number of hydrogen-bond donors (Lipinski definition) is 0. The van der Waals surface area contributed by atoms with Gasteiger partial charge in [-0.15, -0.1) is 0 Å². The van der Waals surface area contributed by atoms with Crippen LogP contribution in [-0.4, -0.2) is 0 Å². The molecule has 0 unspecified atom stereocenters. The van der Waals surface area contributed by atoms with Gasteiger partial charge in [0.25, 0.3) is 0 Å². The lowest BCUT2D eigenvalue weighted by molar-refractivity contribution is -0.137. The zero-order valence-corrected chi connectivity index (χ0v) is 9.75. The molecule has 0 N–H and O–H groups in total. The Morgan fingerprint density at radius 1 is 0.947 bits per heavy atom. The van der Waals surface area contributed by atoms with Crippen LogP contribution in [0, 0.1) is 5.82 Å². The molecule has 0 aromatic heterocycles. The SMILES string of the molecule is Fc1cc(C(F)(F)F)ccc1OCc1ccccc1. The van der Waals surface area contributed by atoms with Crippen LogP contribution in [0.3, 0.4) is 0 Å². The highest BCUT2D eigenvalue weighted by Gasteiger charge is 2.31. The summed E-state index contributed by atoms with van der Waals surface area (Å²) >= 11 is 0. The minimum atomic E-state index is -4.56. The fourth-order valence-electron chi connectivity index (χ4n) is 1.53. The Hall–Kier alpha value is -2.04. The lowest BCUT2D eigenvalue weighted by Crippen LogP contribution is -2.06. The molecule has 0 atom stereocenters. The molecule has 0 fully saturated rings. The summed E-state index contributed by atoms with van der Waals surface area (Å²) in [6, 6.07) is 11.2. The first kappa shape index (κ1) is 13.4. The van der Waals surface area contributed by atoms with Crippen molar-refractivity contribution in [2.45, 2.75) is 12.8 Å². The quantitative estimate of drug-likeness (QED) is 0.750. The molecule has 0 bridgehead atoms. The van der Waals surface area contributed by atoms with Gasteiger partial charge in [0, 0.05) is 0 Å². The standard InChI is InChI=1S/C14H10F4O/c15-12-8-11(14(16,17)18)6-7-13(12)19-9-10-4-2-1-3-5-10/h1-8H,9H2. The molecule has 19 heavy (non-hydrogen) atoms. The van der Waals surface area contributed by atoms with Gasteiger partial charge in [0.05, 0.1) is 5.56 Å². The Morgan fingerprint density at radius 3 is 2.21 bits per heavy atom. The van der Waals surface area contributed by atoms with Gasteiger partial charge in [-0.2, -0.15) is 13.2 Å². The summed E-state index contributed by atoms with van der Waals surface area (Å²) < 4.78 is 55.6. The van der Waals surface area contributed by atoms with E-state index in [-0.39, 0.29) is 12.4 Å². The van der Waals surface area contributed by atoms with E-state index in [1.807, 2.05) is 6.07 Å². The van der Waals surface area contributed by atoms with E-state index in [0.717, 1.165) is 17.7 Å². The summed E-state index contributed by atoms with van der Waals surface area (Å²) in [5.74, 6) is -1.22. The van der Waals surface area contributed by atoms with Gasteiger partial charge in [0.2, 0.25) is 0 Å². The minimum Gasteiger partial charge on any atom is -0.486 e. The van der Waals surface area contributed by atoms with Crippen molar-refractivity contribution in [2.24, 2.45) is 0 Å². The van der Waals surface area contributed by atoms with E-state index in [1.54, 1.807) is 24.3 Å². The van der Waals surface area contributed by atoms with Crippen LogP contribution in [0.1, 0.15) is 11.1 Å². The van der Waals surface area contributed by atoms with Crippen LogP contribution in [0.25, 0.3) is 0 Å². The predicted molar refractivity (Wildman–Crippen MR) is 62.2 cm³/mol. The Bertz CT molecular complexity index is 549. The van der Waals surface area contributed by atoms with Crippen molar-refractivity contribution in [3.8, 4) is 5.75 Å². The van der Waals surface area contributed by atoms with E-state index >= 15 is 0 Å². The monoisotopic (exact) mass is 270 g/mol. The van der Waals surface area contributed by atoms with Crippen LogP contribution < -0.4 is 4.74 Å². The van der Waals surface area contributed by atoms with Crippen molar-refractivity contribution in [3.63, 3.8) is 0 Å². The molecule has 0 radical (unpaired) electrons. The van der Waals surface area contributed by atoms with E-state index in [0.29, 0.717) is 6.07 Å². The highest BCUT2D eigenvalue weighted by atomic mass is 19.4. The number of ether oxygens (including phenoxy) is 1. The van der Waals surface area contributed by atoms with Crippen molar-refractivity contribution in [3.05, 3.63) is 65.5 Å². The molecule has 2 rings (SSSR count). The van der Waals surface area contributed by atoms with Gasteiger partial charge in [-0.25, -0.2) is 4.39 Å². The molecule has 5 heteroatoms. The first-order chi connectivity index (χ1) is 8.97. The number of alkyl halides is 3. The van der Waals surface area contributed by atoms with Crippen LogP contribution >= 0.6 is 0 Å². The number of benzene rings is 2. The second kappa shape index (κ2) is 5.30. The first-order valence-electron chi connectivity index (χ1n) is 5.50. The maximum atomic E-state index is 13.5. The third-order valence-electron chi connectivity index (χ3n) is 2.50. The Morgan fingerprint density at radius 2 is 1.63 bits per heavy atom. The summed E-state index contributed by atoms with van der Waals surface area (Å²) in [7, 11) is 0. The lowest BCUT2D eigenvalue weighted by atomic mass is 10.2. The van der Waals surface area contributed by atoms with Crippen molar-refractivity contribution >= 4 is 0 Å². The lowest BCUT2D eigenvalue weighted by Gasteiger charge is -2.10. The first-order valence-corrected chi connectivity index (χ1v) is 5.50. The molecule has 100 valence electrons. The maximum Gasteiger partial charge on any atom is 0.416 e. The van der Waals surface area contributed by atoms with E-state index in [2.05, 4.69) is 0 Å². The summed E-state index contributed by atoms with van der Waals surface area (Å²) in [6.07, 6.45) is -4.56. The largest absolute Gasteiger partial charge is 0.486 e. The average molecular weight is 270 g/mol. The average Bonchev–Trinajstić information content (AvgIpc) is 2.37. The van der Waals surface area contributed by atoms with Gasteiger partial charge in [-0.3, -0.25) is 0 Å². The third-order valence-corrected chi connectivity index (χ3v) is 2.50. The number of hydrogen-bond acceptors (Lipinski definition) is 1. The third kappa shape index (κ3) is 3.47. The fraction of sp³-hybridized carbons (Fsp3) is 0.143. The molecular weight excluding hydrogens is 260 g/mol. The molecule has 0 saturated carbocycles. The molecule has 0 amide bonds. The van der Waals surface area contributed by atoms with Gasteiger partial charge < -0.3 is 4.74 Å². The predicted octanol–water partition coefficient (Wildman–Crippen LogP) is 4.42. The molecule has 0 spiro atoms. The van der Waals surface area contributed by atoms with Crippen LogP contribution in [0.2, 0.25) is 0 Å². The maximum absolute atomic E-state index is 13.5. The van der Waals surface area contributed by atoms with Crippen LogP contribution in [0.15, 0.2) is 48.5 Å². The van der Waals surface area contributed by atoms with Gasteiger partial charge in [0.1, 0.15) is 6.61 Å². The van der Waals surface area contributed by atoms with Crippen LogP contribution in [0.5, 0.6) is 5.75 Å². The van der Waals surface area contributed by atoms with E-state index < -0.39 is 17.6 Å². The highest BCUT2D eigenvalue weighted by molar-refractivity contribution is 5.31. The Kier molecular flexibility index (Phi) is 3.74.